The molecule has 0 aromatic heterocycles. The van der Waals surface area contributed by atoms with Gasteiger partial charge in [-0.1, -0.05) is 19.9 Å². The van der Waals surface area contributed by atoms with Crippen LogP contribution in [0.1, 0.15) is 19.4 Å². The second kappa shape index (κ2) is 5.95. The van der Waals surface area contributed by atoms with Gasteiger partial charge in [0, 0.05) is 17.1 Å². The lowest BCUT2D eigenvalue weighted by Gasteiger charge is -2.10. The topological polar surface area (TPSA) is 58.2 Å². The lowest BCUT2D eigenvalue weighted by atomic mass is 10.2. The highest BCUT2D eigenvalue weighted by Crippen LogP contribution is 2.22. The van der Waals surface area contributed by atoms with Crippen LogP contribution in [0.3, 0.4) is 0 Å². The van der Waals surface area contributed by atoms with Crippen molar-refractivity contribution < 1.29 is 8.42 Å². The number of benzene rings is 1. The lowest BCUT2D eigenvalue weighted by Crippen LogP contribution is -2.22. The van der Waals surface area contributed by atoms with Gasteiger partial charge in [-0.15, -0.1) is 0 Å². The van der Waals surface area contributed by atoms with Crippen molar-refractivity contribution in [1.29, 1.82) is 0 Å². The first-order valence-electron chi connectivity index (χ1n) is 5.32. The van der Waals surface area contributed by atoms with E-state index in [-0.39, 0.29) is 4.90 Å². The van der Waals surface area contributed by atoms with Crippen LogP contribution in [0.25, 0.3) is 0 Å². The Labute approximate surface area is 111 Å². The van der Waals surface area contributed by atoms with Crippen LogP contribution in [0.2, 0.25) is 0 Å². The zero-order valence-corrected chi connectivity index (χ0v) is 12.5. The smallest absolute Gasteiger partial charge is 0.241 e. The molecule has 1 rings (SSSR count). The summed E-state index contributed by atoms with van der Waals surface area (Å²) in [4.78, 5) is 0.258. The summed E-state index contributed by atoms with van der Waals surface area (Å²) in [5, 5.41) is 3.28. The summed E-state index contributed by atoms with van der Waals surface area (Å²) in [6.07, 6.45) is 0. The molecule has 0 fully saturated rings. The Bertz CT molecular complexity index is 486. The zero-order chi connectivity index (χ0) is 13.1. The highest BCUT2D eigenvalue weighted by atomic mass is 79.9. The van der Waals surface area contributed by atoms with Crippen LogP contribution >= 0.6 is 15.9 Å². The minimum Gasteiger partial charge on any atom is -0.310 e. The molecule has 0 spiro atoms. The molecule has 1 aromatic rings. The molecule has 2 N–H and O–H groups in total. The Morgan fingerprint density at radius 1 is 1.35 bits per heavy atom. The number of rotatable bonds is 5. The van der Waals surface area contributed by atoms with Crippen molar-refractivity contribution in [2.75, 3.05) is 7.05 Å². The van der Waals surface area contributed by atoms with Gasteiger partial charge >= 0.3 is 0 Å². The number of hydrogen-bond acceptors (Lipinski definition) is 3. The summed E-state index contributed by atoms with van der Waals surface area (Å²) in [5.74, 6) is 0. The van der Waals surface area contributed by atoms with E-state index in [2.05, 4.69) is 39.8 Å². The molecule has 96 valence electrons. The number of halogens is 1. The van der Waals surface area contributed by atoms with E-state index in [0.717, 1.165) is 12.1 Å². The largest absolute Gasteiger partial charge is 0.310 e. The molecule has 0 saturated carbocycles. The number of hydrogen-bond donors (Lipinski definition) is 2. The molecular formula is C11H17BrN2O2S. The highest BCUT2D eigenvalue weighted by Gasteiger charge is 2.15. The summed E-state index contributed by atoms with van der Waals surface area (Å²) in [6.45, 7) is 4.85. The average Bonchev–Trinajstić information content (AvgIpc) is 2.26. The normalized spacial score (nSPS) is 12.1. The molecule has 0 bridgehead atoms. The Morgan fingerprint density at radius 3 is 2.47 bits per heavy atom. The van der Waals surface area contributed by atoms with Gasteiger partial charge in [0.1, 0.15) is 0 Å². The maximum Gasteiger partial charge on any atom is 0.241 e. The fourth-order valence-corrected chi connectivity index (χ4v) is 3.15. The van der Waals surface area contributed by atoms with Crippen molar-refractivity contribution in [3.8, 4) is 0 Å². The average molecular weight is 321 g/mol. The predicted octanol–water partition coefficient (Wildman–Crippen LogP) is 1.86. The van der Waals surface area contributed by atoms with Crippen LogP contribution in [0.4, 0.5) is 0 Å². The van der Waals surface area contributed by atoms with Crippen molar-refractivity contribution in [3.63, 3.8) is 0 Å². The van der Waals surface area contributed by atoms with Crippen molar-refractivity contribution in [2.45, 2.75) is 31.3 Å². The van der Waals surface area contributed by atoms with E-state index in [4.69, 9.17) is 0 Å². The molecule has 6 heteroatoms. The molecule has 0 amide bonds. The monoisotopic (exact) mass is 320 g/mol. The standard InChI is InChI=1S/C11H17BrN2O2S/c1-8(2)14-7-9-4-5-11(10(12)6-9)17(15,16)13-3/h4-6,8,13-14H,7H2,1-3H3. The summed E-state index contributed by atoms with van der Waals surface area (Å²) < 4.78 is 26.2. The van der Waals surface area contributed by atoms with Gasteiger partial charge in [-0.2, -0.15) is 0 Å². The van der Waals surface area contributed by atoms with Crippen molar-refractivity contribution in [3.05, 3.63) is 28.2 Å². The van der Waals surface area contributed by atoms with Gasteiger partial charge in [-0.25, -0.2) is 13.1 Å². The Balaban J connectivity index is 2.95. The summed E-state index contributed by atoms with van der Waals surface area (Å²) in [7, 11) is -2.00. The molecule has 0 heterocycles. The van der Waals surface area contributed by atoms with Gasteiger partial charge in [-0.05, 0) is 40.7 Å². The van der Waals surface area contributed by atoms with E-state index in [0.29, 0.717) is 10.5 Å². The third-order valence-corrected chi connectivity index (χ3v) is 4.66. The molecule has 0 unspecified atom stereocenters. The third-order valence-electron chi connectivity index (χ3n) is 2.27. The summed E-state index contributed by atoms with van der Waals surface area (Å²) in [5.41, 5.74) is 1.04. The maximum atomic E-state index is 11.6. The van der Waals surface area contributed by atoms with E-state index in [1.54, 1.807) is 6.07 Å². The van der Waals surface area contributed by atoms with Crippen LogP contribution in [-0.2, 0) is 16.6 Å². The summed E-state index contributed by atoms with van der Waals surface area (Å²) >= 11 is 3.28. The van der Waals surface area contributed by atoms with E-state index in [1.165, 1.54) is 7.05 Å². The third kappa shape index (κ3) is 4.06. The minimum atomic E-state index is -3.39. The molecular weight excluding hydrogens is 304 g/mol. The molecule has 0 aliphatic heterocycles. The van der Waals surface area contributed by atoms with Gasteiger partial charge in [0.2, 0.25) is 10.0 Å². The first-order chi connectivity index (χ1) is 7.86. The second-order valence-electron chi connectivity index (χ2n) is 4.01. The highest BCUT2D eigenvalue weighted by molar-refractivity contribution is 9.10. The molecule has 4 nitrogen and oxygen atoms in total. The van der Waals surface area contributed by atoms with E-state index >= 15 is 0 Å². The van der Waals surface area contributed by atoms with Crippen LogP contribution < -0.4 is 10.0 Å². The summed E-state index contributed by atoms with van der Waals surface area (Å²) in [6, 6.07) is 5.63. The van der Waals surface area contributed by atoms with Gasteiger partial charge in [0.25, 0.3) is 0 Å². The van der Waals surface area contributed by atoms with Gasteiger partial charge < -0.3 is 5.32 Å². The molecule has 0 aliphatic rings. The van der Waals surface area contributed by atoms with Crippen LogP contribution in [0.15, 0.2) is 27.6 Å². The molecule has 17 heavy (non-hydrogen) atoms. The molecule has 0 atom stereocenters. The molecule has 1 aromatic carbocycles. The predicted molar refractivity (Wildman–Crippen MR) is 72.4 cm³/mol. The van der Waals surface area contributed by atoms with Crippen LogP contribution in [0.5, 0.6) is 0 Å². The first-order valence-corrected chi connectivity index (χ1v) is 7.60. The zero-order valence-electron chi connectivity index (χ0n) is 10.1. The van der Waals surface area contributed by atoms with Gasteiger partial charge in [-0.3, -0.25) is 0 Å². The maximum absolute atomic E-state index is 11.6. The van der Waals surface area contributed by atoms with Crippen molar-refractivity contribution >= 4 is 26.0 Å². The molecule has 0 radical (unpaired) electrons. The Morgan fingerprint density at radius 2 is 2.00 bits per heavy atom. The molecule has 0 saturated heterocycles. The Hall–Kier alpha value is -0.430. The number of sulfonamides is 1. The fraction of sp³-hybridized carbons (Fsp3) is 0.455. The second-order valence-corrected chi connectivity index (χ2v) is 6.72. The minimum absolute atomic E-state index is 0.258. The Kier molecular flexibility index (Phi) is 5.12. The SMILES string of the molecule is CNS(=O)(=O)c1ccc(CNC(C)C)cc1Br. The fourth-order valence-electron chi connectivity index (χ4n) is 1.30. The quantitative estimate of drug-likeness (QED) is 0.870. The van der Waals surface area contributed by atoms with Crippen LogP contribution in [-0.4, -0.2) is 21.5 Å². The van der Waals surface area contributed by atoms with Crippen LogP contribution in [0, 0.1) is 0 Å². The number of nitrogens with one attached hydrogen (secondary N) is 2. The van der Waals surface area contributed by atoms with Crippen molar-refractivity contribution in [1.82, 2.24) is 10.0 Å². The van der Waals surface area contributed by atoms with E-state index < -0.39 is 10.0 Å². The van der Waals surface area contributed by atoms with E-state index in [9.17, 15) is 8.42 Å². The molecule has 0 aliphatic carbocycles. The van der Waals surface area contributed by atoms with Gasteiger partial charge in [0.15, 0.2) is 0 Å². The van der Waals surface area contributed by atoms with E-state index in [1.807, 2.05) is 12.1 Å². The van der Waals surface area contributed by atoms with Crippen molar-refractivity contribution in [2.24, 2.45) is 0 Å². The first kappa shape index (κ1) is 14.6. The lowest BCUT2D eigenvalue weighted by molar-refractivity contribution is 0.584. The van der Waals surface area contributed by atoms with Gasteiger partial charge in [0.05, 0.1) is 4.90 Å².